The van der Waals surface area contributed by atoms with Crippen molar-refractivity contribution in [3.8, 4) is 5.75 Å². The normalized spacial score (nSPS) is 13.2. The van der Waals surface area contributed by atoms with Crippen LogP contribution >= 0.6 is 0 Å². The molecule has 1 aromatic carbocycles. The number of nitrogens with one attached hydrogen (secondary N) is 1. The van der Waals surface area contributed by atoms with Crippen molar-refractivity contribution < 1.29 is 22.7 Å². The van der Waals surface area contributed by atoms with E-state index in [1.54, 1.807) is 14.0 Å². The van der Waals surface area contributed by atoms with Gasteiger partial charge in [0.25, 0.3) is 0 Å². The number of ketones is 1. The van der Waals surface area contributed by atoms with Crippen molar-refractivity contribution in [2.45, 2.75) is 13.3 Å². The van der Waals surface area contributed by atoms with Crippen LogP contribution in [0.3, 0.4) is 0 Å². The van der Waals surface area contributed by atoms with E-state index in [-0.39, 0.29) is 23.0 Å². The second-order valence-electron chi connectivity index (χ2n) is 3.90. The third-order valence-corrected chi connectivity index (χ3v) is 2.31. The predicted octanol–water partition coefficient (Wildman–Crippen LogP) is 2.62. The summed E-state index contributed by atoms with van der Waals surface area (Å²) in [7, 11) is 1.70. The fourth-order valence-electron chi connectivity index (χ4n) is 1.53. The molecule has 3 nitrogen and oxygen atoms in total. The molecule has 0 heterocycles. The number of Topliss-reactive ketones (excluding diaryl/α,β-unsaturated/α-hetero) is 1. The van der Waals surface area contributed by atoms with Crippen LogP contribution < -0.4 is 10.1 Å². The van der Waals surface area contributed by atoms with Crippen LogP contribution in [0.5, 0.6) is 5.75 Å². The molecular weight excluding hydrogens is 247 g/mol. The van der Waals surface area contributed by atoms with Crippen molar-refractivity contribution in [2.75, 3.05) is 13.6 Å². The summed E-state index contributed by atoms with van der Waals surface area (Å²) in [4.78, 5) is 11.9. The van der Waals surface area contributed by atoms with Crippen molar-refractivity contribution in [1.82, 2.24) is 5.32 Å². The summed E-state index contributed by atoms with van der Waals surface area (Å²) < 4.78 is 39.9. The quantitative estimate of drug-likeness (QED) is 0.828. The largest absolute Gasteiger partial charge is 0.573 e. The van der Waals surface area contributed by atoms with E-state index in [0.29, 0.717) is 6.54 Å². The van der Waals surface area contributed by atoms with Gasteiger partial charge in [-0.1, -0.05) is 19.1 Å². The zero-order chi connectivity index (χ0) is 13.8. The third-order valence-electron chi connectivity index (χ3n) is 2.31. The molecule has 1 unspecified atom stereocenters. The second-order valence-corrected chi connectivity index (χ2v) is 3.90. The minimum Gasteiger partial charge on any atom is -0.406 e. The highest BCUT2D eigenvalue weighted by atomic mass is 19.4. The summed E-state index contributed by atoms with van der Waals surface area (Å²) >= 11 is 0. The van der Waals surface area contributed by atoms with Crippen LogP contribution in [-0.2, 0) is 0 Å². The topological polar surface area (TPSA) is 38.3 Å². The van der Waals surface area contributed by atoms with Crippen molar-refractivity contribution in [1.29, 1.82) is 0 Å². The standard InChI is InChI=1S/C12H14F3NO2/c1-8(7-16-2)11(17)9-4-3-5-10(6-9)18-12(13,14)15/h3-6,8,16H,7H2,1-2H3. The molecule has 0 radical (unpaired) electrons. The van der Waals surface area contributed by atoms with Crippen molar-refractivity contribution in [3.05, 3.63) is 29.8 Å². The Morgan fingerprint density at radius 1 is 1.44 bits per heavy atom. The summed E-state index contributed by atoms with van der Waals surface area (Å²) in [5, 5.41) is 2.84. The van der Waals surface area contributed by atoms with Crippen molar-refractivity contribution in [2.24, 2.45) is 5.92 Å². The first-order chi connectivity index (χ1) is 8.33. The van der Waals surface area contributed by atoms with Crippen LogP contribution in [0.4, 0.5) is 13.2 Å². The van der Waals surface area contributed by atoms with Crippen LogP contribution in [0.15, 0.2) is 24.3 Å². The average molecular weight is 261 g/mol. The van der Waals surface area contributed by atoms with Crippen LogP contribution in [0.25, 0.3) is 0 Å². The lowest BCUT2D eigenvalue weighted by atomic mass is 9.99. The maximum atomic E-state index is 12.0. The molecule has 0 saturated carbocycles. The van der Waals surface area contributed by atoms with Crippen molar-refractivity contribution >= 4 is 5.78 Å². The van der Waals surface area contributed by atoms with E-state index < -0.39 is 6.36 Å². The highest BCUT2D eigenvalue weighted by Crippen LogP contribution is 2.24. The highest BCUT2D eigenvalue weighted by molar-refractivity contribution is 5.98. The van der Waals surface area contributed by atoms with E-state index >= 15 is 0 Å². The molecule has 0 spiro atoms. The number of halogens is 3. The molecule has 1 aromatic rings. The van der Waals surface area contributed by atoms with Gasteiger partial charge in [-0.15, -0.1) is 13.2 Å². The van der Waals surface area contributed by atoms with E-state index in [2.05, 4.69) is 10.1 Å². The van der Waals surface area contributed by atoms with Crippen LogP contribution in [0.2, 0.25) is 0 Å². The maximum absolute atomic E-state index is 12.0. The molecule has 1 rings (SSSR count). The lowest BCUT2D eigenvalue weighted by molar-refractivity contribution is -0.274. The Bertz CT molecular complexity index is 418. The SMILES string of the molecule is CNCC(C)C(=O)c1cccc(OC(F)(F)F)c1. The summed E-state index contributed by atoms with van der Waals surface area (Å²) in [5.74, 6) is -0.918. The van der Waals surface area contributed by atoms with Gasteiger partial charge >= 0.3 is 6.36 Å². The first-order valence-corrected chi connectivity index (χ1v) is 5.38. The van der Waals surface area contributed by atoms with Gasteiger partial charge in [-0.25, -0.2) is 0 Å². The number of hydrogen-bond donors (Lipinski definition) is 1. The number of alkyl halides is 3. The van der Waals surface area contributed by atoms with Crippen LogP contribution in [0, 0.1) is 5.92 Å². The molecule has 0 saturated heterocycles. The van der Waals surface area contributed by atoms with Crippen molar-refractivity contribution in [3.63, 3.8) is 0 Å². The van der Waals surface area contributed by atoms with Gasteiger partial charge in [0.1, 0.15) is 5.75 Å². The molecule has 100 valence electrons. The molecule has 1 atom stereocenters. The van der Waals surface area contributed by atoms with Gasteiger partial charge in [0.15, 0.2) is 5.78 Å². The maximum Gasteiger partial charge on any atom is 0.573 e. The Labute approximate surface area is 103 Å². The number of ether oxygens (including phenoxy) is 1. The fourth-order valence-corrected chi connectivity index (χ4v) is 1.53. The van der Waals surface area contributed by atoms with E-state index in [4.69, 9.17) is 0 Å². The Balaban J connectivity index is 2.85. The monoisotopic (exact) mass is 261 g/mol. The zero-order valence-electron chi connectivity index (χ0n) is 10.0. The van der Waals surface area contributed by atoms with Gasteiger partial charge < -0.3 is 10.1 Å². The van der Waals surface area contributed by atoms with Gasteiger partial charge in [0, 0.05) is 18.0 Å². The molecular formula is C12H14F3NO2. The summed E-state index contributed by atoms with van der Waals surface area (Å²) in [6.45, 7) is 2.17. The van der Waals surface area contributed by atoms with E-state index in [0.717, 1.165) is 12.1 Å². The summed E-state index contributed by atoms with van der Waals surface area (Å²) in [6, 6.07) is 5.09. The molecule has 6 heteroatoms. The Kier molecular flexibility index (Phi) is 4.72. The van der Waals surface area contributed by atoms with Crippen LogP contribution in [0.1, 0.15) is 17.3 Å². The number of benzene rings is 1. The number of carbonyl (C=O) groups excluding carboxylic acids is 1. The second kappa shape index (κ2) is 5.86. The molecule has 0 amide bonds. The van der Waals surface area contributed by atoms with E-state index in [9.17, 15) is 18.0 Å². The number of hydrogen-bond acceptors (Lipinski definition) is 3. The minimum atomic E-state index is -4.75. The van der Waals surface area contributed by atoms with Gasteiger partial charge in [-0.2, -0.15) is 0 Å². The molecule has 0 bridgehead atoms. The molecule has 0 fully saturated rings. The van der Waals surface area contributed by atoms with E-state index in [1.165, 1.54) is 12.1 Å². The number of carbonyl (C=O) groups is 1. The third kappa shape index (κ3) is 4.37. The Hall–Kier alpha value is -1.56. The summed E-state index contributed by atoms with van der Waals surface area (Å²) in [6.07, 6.45) is -4.75. The molecule has 0 aliphatic heterocycles. The summed E-state index contributed by atoms with van der Waals surface area (Å²) in [5.41, 5.74) is 0.208. The average Bonchev–Trinajstić information content (AvgIpc) is 2.26. The first-order valence-electron chi connectivity index (χ1n) is 5.38. The van der Waals surface area contributed by atoms with E-state index in [1.807, 2.05) is 0 Å². The molecule has 18 heavy (non-hydrogen) atoms. The smallest absolute Gasteiger partial charge is 0.406 e. The van der Waals surface area contributed by atoms with Gasteiger partial charge in [0.2, 0.25) is 0 Å². The van der Waals surface area contributed by atoms with Crippen LogP contribution in [-0.4, -0.2) is 25.7 Å². The molecule has 0 aromatic heterocycles. The van der Waals surface area contributed by atoms with Gasteiger partial charge in [-0.05, 0) is 19.2 Å². The minimum absolute atomic E-state index is 0.208. The highest BCUT2D eigenvalue weighted by Gasteiger charge is 2.31. The van der Waals surface area contributed by atoms with Gasteiger partial charge in [-0.3, -0.25) is 4.79 Å². The number of rotatable bonds is 5. The van der Waals surface area contributed by atoms with Gasteiger partial charge in [0.05, 0.1) is 0 Å². The first kappa shape index (κ1) is 14.5. The molecule has 0 aliphatic rings. The zero-order valence-corrected chi connectivity index (χ0v) is 10.0. The molecule has 0 aliphatic carbocycles. The lowest BCUT2D eigenvalue weighted by Gasteiger charge is -2.12. The molecule has 1 N–H and O–H groups in total. The lowest BCUT2D eigenvalue weighted by Crippen LogP contribution is -2.24. The Morgan fingerprint density at radius 3 is 2.67 bits per heavy atom. The fraction of sp³-hybridized carbons (Fsp3) is 0.417. The predicted molar refractivity (Wildman–Crippen MR) is 60.5 cm³/mol. The Morgan fingerprint density at radius 2 is 2.11 bits per heavy atom.